The number of hydrogen-bond acceptors (Lipinski definition) is 3. The van der Waals surface area contributed by atoms with Crippen molar-refractivity contribution in [1.29, 1.82) is 0 Å². The lowest BCUT2D eigenvalue weighted by molar-refractivity contribution is -0.275. The zero-order valence-corrected chi connectivity index (χ0v) is 14.6. The molecule has 142 valence electrons. The quantitative estimate of drug-likeness (QED) is 0.684. The van der Waals surface area contributed by atoms with Crippen LogP contribution in [0.25, 0.3) is 5.82 Å². The molecule has 0 aliphatic carbocycles. The van der Waals surface area contributed by atoms with Gasteiger partial charge in [-0.15, -0.1) is 13.2 Å². The molecular weight excluding hydrogens is 361 g/mol. The zero-order chi connectivity index (χ0) is 19.6. The average molecular weight is 378 g/mol. The molecule has 0 radical (unpaired) electrons. The number of carbonyl (C=O) groups is 1. The van der Waals surface area contributed by atoms with Crippen LogP contribution in [0.1, 0.15) is 15.9 Å². The van der Waals surface area contributed by atoms with Gasteiger partial charge in [0.2, 0.25) is 0 Å². The number of amides is 1. The molecule has 0 aliphatic heterocycles. The summed E-state index contributed by atoms with van der Waals surface area (Å²) in [5.74, 6) is -0.133. The van der Waals surface area contributed by atoms with E-state index in [1.165, 1.54) is 36.3 Å². The van der Waals surface area contributed by atoms with Crippen LogP contribution in [-0.4, -0.2) is 38.6 Å². The molecule has 0 bridgehead atoms. The molecule has 1 amide bonds. The Bertz CT molecular complexity index is 932. The molecule has 3 aromatic rings. The summed E-state index contributed by atoms with van der Waals surface area (Å²) < 4.78 is 45.1. The first-order valence-corrected chi connectivity index (χ1v) is 8.00. The third kappa shape index (κ3) is 4.13. The lowest BCUT2D eigenvalue weighted by atomic mass is 10.1. The van der Waals surface area contributed by atoms with E-state index in [1.807, 2.05) is 12.1 Å². The molecule has 0 aliphatic rings. The number of benzene rings is 1. The third-order valence-corrected chi connectivity index (χ3v) is 3.94. The molecule has 0 saturated heterocycles. The SMILES string of the molecule is CN(Cc1ccccc1OC(F)(F)F)C(=O)c1cnn(C)c1-n1cccc1. The van der Waals surface area contributed by atoms with Gasteiger partial charge in [0.1, 0.15) is 17.1 Å². The van der Waals surface area contributed by atoms with E-state index in [2.05, 4.69) is 9.84 Å². The summed E-state index contributed by atoms with van der Waals surface area (Å²) in [5.41, 5.74) is 0.586. The lowest BCUT2D eigenvalue weighted by Gasteiger charge is -2.20. The lowest BCUT2D eigenvalue weighted by Crippen LogP contribution is -2.28. The van der Waals surface area contributed by atoms with Gasteiger partial charge in [0.25, 0.3) is 5.91 Å². The molecule has 0 fully saturated rings. The van der Waals surface area contributed by atoms with Crippen molar-refractivity contribution in [1.82, 2.24) is 19.2 Å². The molecule has 1 aromatic carbocycles. The van der Waals surface area contributed by atoms with Crippen molar-refractivity contribution < 1.29 is 22.7 Å². The maximum Gasteiger partial charge on any atom is 0.573 e. The van der Waals surface area contributed by atoms with Gasteiger partial charge in [-0.2, -0.15) is 5.10 Å². The highest BCUT2D eigenvalue weighted by Gasteiger charge is 2.32. The van der Waals surface area contributed by atoms with Crippen LogP contribution < -0.4 is 4.74 Å². The molecule has 2 aromatic heterocycles. The Morgan fingerprint density at radius 1 is 1.19 bits per heavy atom. The topological polar surface area (TPSA) is 52.3 Å². The highest BCUT2D eigenvalue weighted by molar-refractivity contribution is 5.97. The summed E-state index contributed by atoms with van der Waals surface area (Å²) in [4.78, 5) is 14.2. The number of aryl methyl sites for hydroxylation is 1. The molecule has 2 heterocycles. The summed E-state index contributed by atoms with van der Waals surface area (Å²) >= 11 is 0. The van der Waals surface area contributed by atoms with Crippen molar-refractivity contribution in [3.8, 4) is 11.6 Å². The van der Waals surface area contributed by atoms with Gasteiger partial charge in [-0.3, -0.25) is 9.48 Å². The molecule has 9 heteroatoms. The van der Waals surface area contributed by atoms with E-state index in [1.54, 1.807) is 34.8 Å². The fourth-order valence-electron chi connectivity index (χ4n) is 2.76. The number of halogens is 3. The molecule has 3 rings (SSSR count). The van der Waals surface area contributed by atoms with Crippen LogP contribution in [-0.2, 0) is 13.6 Å². The van der Waals surface area contributed by atoms with Gasteiger partial charge < -0.3 is 14.2 Å². The van der Waals surface area contributed by atoms with E-state index in [4.69, 9.17) is 0 Å². The highest BCUT2D eigenvalue weighted by Crippen LogP contribution is 2.27. The van der Waals surface area contributed by atoms with E-state index in [9.17, 15) is 18.0 Å². The second-order valence-electron chi connectivity index (χ2n) is 5.91. The normalized spacial score (nSPS) is 11.4. The van der Waals surface area contributed by atoms with Crippen LogP contribution >= 0.6 is 0 Å². The number of nitrogens with zero attached hydrogens (tertiary/aromatic N) is 4. The molecule has 0 unspecified atom stereocenters. The summed E-state index contributed by atoms with van der Waals surface area (Å²) in [6.45, 7) is -0.0505. The van der Waals surface area contributed by atoms with Crippen LogP contribution in [0, 0.1) is 0 Å². The van der Waals surface area contributed by atoms with E-state index in [0.29, 0.717) is 11.4 Å². The first-order valence-electron chi connectivity index (χ1n) is 8.00. The monoisotopic (exact) mass is 378 g/mol. The minimum Gasteiger partial charge on any atom is -0.405 e. The van der Waals surface area contributed by atoms with Gasteiger partial charge in [-0.05, 0) is 18.2 Å². The Kier molecular flexibility index (Phi) is 4.93. The predicted octanol–water partition coefficient (Wildman–Crippen LogP) is 3.38. The van der Waals surface area contributed by atoms with Crippen LogP contribution in [0.15, 0.2) is 55.0 Å². The van der Waals surface area contributed by atoms with Gasteiger partial charge in [-0.1, -0.05) is 18.2 Å². The van der Waals surface area contributed by atoms with Crippen LogP contribution in [0.3, 0.4) is 0 Å². The number of para-hydroxylation sites is 1. The summed E-state index contributed by atoms with van der Waals surface area (Å²) in [6.07, 6.45) is 0.191. The summed E-state index contributed by atoms with van der Waals surface area (Å²) in [6, 6.07) is 9.37. The fraction of sp³-hybridized carbons (Fsp3) is 0.222. The second kappa shape index (κ2) is 7.18. The third-order valence-electron chi connectivity index (χ3n) is 3.94. The molecule has 6 nitrogen and oxygen atoms in total. The standard InChI is InChI=1S/C18H17F3N4O2/c1-23(12-13-7-3-4-8-15(13)27-18(19,20)21)17(26)14-11-22-24(2)16(14)25-9-5-6-10-25/h3-11H,12H2,1-2H3. The van der Waals surface area contributed by atoms with E-state index in [-0.39, 0.29) is 23.8 Å². The van der Waals surface area contributed by atoms with E-state index in [0.717, 1.165) is 0 Å². The van der Waals surface area contributed by atoms with Crippen molar-refractivity contribution >= 4 is 5.91 Å². The first-order chi connectivity index (χ1) is 12.8. The highest BCUT2D eigenvalue weighted by atomic mass is 19.4. The largest absolute Gasteiger partial charge is 0.573 e. The van der Waals surface area contributed by atoms with Gasteiger partial charge in [0.15, 0.2) is 0 Å². The molecule has 0 spiro atoms. The minimum absolute atomic E-state index is 0.0505. The maximum atomic E-state index is 12.9. The number of carbonyl (C=O) groups excluding carboxylic acids is 1. The summed E-state index contributed by atoms with van der Waals surface area (Å²) in [7, 11) is 3.22. The van der Waals surface area contributed by atoms with Crippen molar-refractivity contribution in [3.63, 3.8) is 0 Å². The molecular formula is C18H17F3N4O2. The van der Waals surface area contributed by atoms with Crippen molar-refractivity contribution in [2.75, 3.05) is 7.05 Å². The van der Waals surface area contributed by atoms with Crippen LogP contribution in [0.2, 0.25) is 0 Å². The van der Waals surface area contributed by atoms with Crippen LogP contribution in [0.4, 0.5) is 13.2 Å². The van der Waals surface area contributed by atoms with Gasteiger partial charge in [-0.25, -0.2) is 0 Å². The van der Waals surface area contributed by atoms with E-state index < -0.39 is 6.36 Å². The fourth-order valence-corrected chi connectivity index (χ4v) is 2.76. The van der Waals surface area contributed by atoms with Crippen molar-refractivity contribution in [2.45, 2.75) is 12.9 Å². The number of hydrogen-bond donors (Lipinski definition) is 0. The average Bonchev–Trinajstić information content (AvgIpc) is 3.23. The summed E-state index contributed by atoms with van der Waals surface area (Å²) in [5, 5.41) is 4.12. The zero-order valence-electron chi connectivity index (χ0n) is 14.6. The molecule has 27 heavy (non-hydrogen) atoms. The number of alkyl halides is 3. The van der Waals surface area contributed by atoms with Crippen molar-refractivity contribution in [2.24, 2.45) is 7.05 Å². The second-order valence-corrected chi connectivity index (χ2v) is 5.91. The minimum atomic E-state index is -4.80. The molecule has 0 atom stereocenters. The maximum absolute atomic E-state index is 12.9. The molecule has 0 N–H and O–H groups in total. The number of aromatic nitrogens is 3. The van der Waals surface area contributed by atoms with E-state index >= 15 is 0 Å². The Morgan fingerprint density at radius 3 is 2.52 bits per heavy atom. The Labute approximate surface area is 153 Å². The van der Waals surface area contributed by atoms with Crippen LogP contribution in [0.5, 0.6) is 5.75 Å². The van der Waals surface area contributed by atoms with Gasteiger partial charge in [0, 0.05) is 38.6 Å². The molecule has 0 saturated carbocycles. The Balaban J connectivity index is 1.85. The number of ether oxygens (including phenoxy) is 1. The first kappa shape index (κ1) is 18.6. The Morgan fingerprint density at radius 2 is 1.85 bits per heavy atom. The van der Waals surface area contributed by atoms with Gasteiger partial charge >= 0.3 is 6.36 Å². The predicted molar refractivity (Wildman–Crippen MR) is 91.5 cm³/mol. The Hall–Kier alpha value is -3.23. The smallest absolute Gasteiger partial charge is 0.405 e. The van der Waals surface area contributed by atoms with Crippen molar-refractivity contribution in [3.05, 3.63) is 66.1 Å². The number of rotatable bonds is 5. The van der Waals surface area contributed by atoms with Gasteiger partial charge in [0.05, 0.1) is 6.20 Å².